The first-order valence-corrected chi connectivity index (χ1v) is 11.4. The Balaban J connectivity index is 1.59. The van der Waals surface area contributed by atoms with Gasteiger partial charge in [-0.05, 0) is 43.0 Å². The molecule has 0 aliphatic carbocycles. The van der Waals surface area contributed by atoms with Crippen molar-refractivity contribution in [3.05, 3.63) is 77.9 Å². The van der Waals surface area contributed by atoms with E-state index in [1.165, 1.54) is 28.8 Å². The quantitative estimate of drug-likeness (QED) is 0.503. The molecule has 2 aromatic carbocycles. The lowest BCUT2D eigenvalue weighted by molar-refractivity contribution is 0.103. The van der Waals surface area contributed by atoms with E-state index in [0.29, 0.717) is 30.5 Å². The van der Waals surface area contributed by atoms with Crippen LogP contribution in [0.15, 0.2) is 71.6 Å². The van der Waals surface area contributed by atoms with Gasteiger partial charge in [0, 0.05) is 29.8 Å². The minimum atomic E-state index is -3.48. The van der Waals surface area contributed by atoms with Crippen molar-refractivity contribution in [3.8, 4) is 11.8 Å². The van der Waals surface area contributed by atoms with Crippen LogP contribution in [0.5, 0.6) is 11.8 Å². The summed E-state index contributed by atoms with van der Waals surface area (Å²) in [5.74, 6) is -0.288. The maximum absolute atomic E-state index is 12.7. The molecule has 158 valence electrons. The topological polar surface area (TPSA) is 96.6 Å². The largest absolute Gasteiger partial charge is 0.494 e. The minimum Gasteiger partial charge on any atom is -0.494 e. The lowest BCUT2D eigenvalue weighted by atomic mass is 10.0. The number of ketones is 1. The zero-order valence-electron chi connectivity index (χ0n) is 16.7. The van der Waals surface area contributed by atoms with E-state index in [1.54, 1.807) is 36.4 Å². The van der Waals surface area contributed by atoms with Crippen LogP contribution in [0.2, 0.25) is 0 Å². The molecule has 0 aliphatic rings. The van der Waals surface area contributed by atoms with E-state index in [1.807, 2.05) is 13.0 Å². The third-order valence-corrected chi connectivity index (χ3v) is 7.03. The number of benzene rings is 2. The molecule has 7 heteroatoms. The monoisotopic (exact) mass is 427 g/mol. The Bertz CT molecular complexity index is 1080. The Labute approximate surface area is 176 Å². The van der Waals surface area contributed by atoms with E-state index in [9.17, 15) is 23.4 Å². The van der Waals surface area contributed by atoms with Gasteiger partial charge in [-0.1, -0.05) is 37.3 Å². The number of carbonyl (C=O) groups excluding carboxylic acids is 1. The van der Waals surface area contributed by atoms with Crippen LogP contribution in [0.25, 0.3) is 0 Å². The van der Waals surface area contributed by atoms with Crippen molar-refractivity contribution in [1.82, 2.24) is 4.57 Å². The van der Waals surface area contributed by atoms with Crippen molar-refractivity contribution in [2.45, 2.75) is 31.2 Å². The normalized spacial score (nSPS) is 12.6. The summed E-state index contributed by atoms with van der Waals surface area (Å²) in [4.78, 5) is 12.7. The Kier molecular flexibility index (Phi) is 6.62. The summed E-state index contributed by atoms with van der Waals surface area (Å²) in [5.41, 5.74) is 1.00. The number of hydrogen-bond donors (Lipinski definition) is 2. The van der Waals surface area contributed by atoms with Gasteiger partial charge in [0.05, 0.1) is 10.6 Å². The molecule has 1 aromatic heterocycles. The number of rotatable bonds is 9. The van der Waals surface area contributed by atoms with E-state index in [2.05, 4.69) is 0 Å². The summed E-state index contributed by atoms with van der Waals surface area (Å²) in [5, 5.41) is 19.3. The van der Waals surface area contributed by atoms with Crippen LogP contribution < -0.4 is 0 Å². The van der Waals surface area contributed by atoms with Gasteiger partial charge >= 0.3 is 0 Å². The Morgan fingerprint density at radius 3 is 2.07 bits per heavy atom. The van der Waals surface area contributed by atoms with E-state index in [-0.39, 0.29) is 34.1 Å². The molecule has 3 aromatic rings. The van der Waals surface area contributed by atoms with Crippen LogP contribution in [-0.2, 0) is 16.4 Å². The van der Waals surface area contributed by atoms with Crippen LogP contribution in [0.3, 0.4) is 0 Å². The first-order chi connectivity index (χ1) is 14.3. The third-order valence-electron chi connectivity index (χ3n) is 5.03. The number of sulfone groups is 1. The smallest absolute Gasteiger partial charge is 0.193 e. The molecule has 30 heavy (non-hydrogen) atoms. The second-order valence-corrected chi connectivity index (χ2v) is 9.48. The number of carbonyl (C=O) groups is 1. The van der Waals surface area contributed by atoms with Gasteiger partial charge in [0.2, 0.25) is 0 Å². The average Bonchev–Trinajstić information content (AvgIpc) is 3.05. The van der Waals surface area contributed by atoms with Crippen LogP contribution in [0.1, 0.15) is 35.7 Å². The van der Waals surface area contributed by atoms with E-state index in [0.717, 1.165) is 0 Å². The van der Waals surface area contributed by atoms with E-state index >= 15 is 0 Å². The van der Waals surface area contributed by atoms with Gasteiger partial charge in [0.15, 0.2) is 27.4 Å². The fourth-order valence-electron chi connectivity index (χ4n) is 3.40. The third kappa shape index (κ3) is 5.10. The van der Waals surface area contributed by atoms with Crippen molar-refractivity contribution >= 4 is 15.6 Å². The maximum atomic E-state index is 12.7. The first-order valence-electron chi connectivity index (χ1n) is 9.78. The summed E-state index contributed by atoms with van der Waals surface area (Å²) in [6.45, 7) is 2.27. The van der Waals surface area contributed by atoms with Crippen molar-refractivity contribution in [1.29, 1.82) is 0 Å². The van der Waals surface area contributed by atoms with Crippen molar-refractivity contribution < 1.29 is 23.4 Å². The van der Waals surface area contributed by atoms with E-state index in [4.69, 9.17) is 0 Å². The summed E-state index contributed by atoms with van der Waals surface area (Å²) in [6, 6.07) is 17.7. The number of aromatic nitrogens is 1. The van der Waals surface area contributed by atoms with Gasteiger partial charge in [-0.15, -0.1) is 0 Å². The number of hydrogen-bond acceptors (Lipinski definition) is 5. The average molecular weight is 428 g/mol. The van der Waals surface area contributed by atoms with Crippen molar-refractivity contribution in [2.75, 3.05) is 5.75 Å². The molecule has 0 radical (unpaired) electrons. The zero-order chi connectivity index (χ0) is 21.7. The van der Waals surface area contributed by atoms with E-state index < -0.39 is 9.84 Å². The summed E-state index contributed by atoms with van der Waals surface area (Å²) in [7, 11) is -3.48. The van der Waals surface area contributed by atoms with Gasteiger partial charge in [0.1, 0.15) is 0 Å². The van der Waals surface area contributed by atoms with Crippen LogP contribution in [0, 0.1) is 5.92 Å². The molecular weight excluding hydrogens is 402 g/mol. The molecule has 0 fully saturated rings. The zero-order valence-corrected chi connectivity index (χ0v) is 17.5. The molecule has 3 rings (SSSR count). The summed E-state index contributed by atoms with van der Waals surface area (Å²) < 4.78 is 26.8. The van der Waals surface area contributed by atoms with Crippen LogP contribution in [-0.4, -0.2) is 34.7 Å². The molecular formula is C23H25NO5S. The Morgan fingerprint density at radius 1 is 0.900 bits per heavy atom. The van der Waals surface area contributed by atoms with Gasteiger partial charge in [-0.3, -0.25) is 9.36 Å². The molecule has 0 amide bonds. The SMILES string of the molecule is CC(CCCn1c(O)ccc1O)CS(=O)(=O)c1ccc(C(=O)c2ccccc2)cc1. The summed E-state index contributed by atoms with van der Waals surface area (Å²) in [6.07, 6.45) is 1.25. The molecule has 1 atom stereocenters. The second-order valence-electron chi connectivity index (χ2n) is 7.45. The predicted molar refractivity (Wildman–Crippen MR) is 115 cm³/mol. The van der Waals surface area contributed by atoms with Gasteiger partial charge in [0.25, 0.3) is 0 Å². The highest BCUT2D eigenvalue weighted by molar-refractivity contribution is 7.91. The summed E-state index contributed by atoms with van der Waals surface area (Å²) >= 11 is 0. The number of nitrogens with zero attached hydrogens (tertiary/aromatic N) is 1. The lowest BCUT2D eigenvalue weighted by Gasteiger charge is -2.13. The molecule has 0 saturated heterocycles. The molecule has 0 aliphatic heterocycles. The lowest BCUT2D eigenvalue weighted by Crippen LogP contribution is -2.15. The molecule has 6 nitrogen and oxygen atoms in total. The Morgan fingerprint density at radius 2 is 1.47 bits per heavy atom. The van der Waals surface area contributed by atoms with Gasteiger partial charge < -0.3 is 10.2 Å². The fraction of sp³-hybridized carbons (Fsp3) is 0.261. The molecule has 2 N–H and O–H groups in total. The second kappa shape index (κ2) is 9.17. The first kappa shape index (κ1) is 21.6. The highest BCUT2D eigenvalue weighted by atomic mass is 32.2. The maximum Gasteiger partial charge on any atom is 0.193 e. The molecule has 1 heterocycles. The Hall–Kier alpha value is -3.06. The number of aromatic hydroxyl groups is 2. The van der Waals surface area contributed by atoms with Gasteiger partial charge in [-0.2, -0.15) is 0 Å². The minimum absolute atomic E-state index is 0.0113. The highest BCUT2D eigenvalue weighted by Gasteiger charge is 2.19. The van der Waals surface area contributed by atoms with Crippen molar-refractivity contribution in [3.63, 3.8) is 0 Å². The van der Waals surface area contributed by atoms with Gasteiger partial charge in [-0.25, -0.2) is 8.42 Å². The predicted octanol–water partition coefficient (Wildman–Crippen LogP) is 4.02. The fourth-order valence-corrected chi connectivity index (χ4v) is 5.06. The van der Waals surface area contributed by atoms with Crippen molar-refractivity contribution in [2.24, 2.45) is 5.92 Å². The van der Waals surface area contributed by atoms with Crippen LogP contribution in [0.4, 0.5) is 0 Å². The molecule has 0 bridgehead atoms. The molecule has 0 saturated carbocycles. The molecule has 1 unspecified atom stereocenters. The molecule has 0 spiro atoms. The highest BCUT2D eigenvalue weighted by Crippen LogP contribution is 2.23. The van der Waals surface area contributed by atoms with Crippen LogP contribution >= 0.6 is 0 Å². The standard InChI is InChI=1S/C23H25NO5S/c1-17(6-5-15-24-21(25)13-14-22(24)26)16-30(28,29)20-11-9-19(10-12-20)23(27)18-7-3-2-4-8-18/h2-4,7-14,17,25-26H,5-6,15-16H2,1H3.